The van der Waals surface area contributed by atoms with Crippen molar-refractivity contribution in [3.63, 3.8) is 0 Å². The van der Waals surface area contributed by atoms with Crippen LogP contribution in [0, 0.1) is 0 Å². The van der Waals surface area contributed by atoms with E-state index >= 15 is 0 Å². The minimum Gasteiger partial charge on any atom is -0.550 e. The first-order valence-electron chi connectivity index (χ1n) is 6.69. The Morgan fingerprint density at radius 1 is 1.04 bits per heavy atom. The van der Waals surface area contributed by atoms with Gasteiger partial charge in [0.2, 0.25) is 5.91 Å². The number of carboxylic acid groups (broad SMARTS) is 1. The van der Waals surface area contributed by atoms with Crippen molar-refractivity contribution in [2.45, 2.75) is 19.3 Å². The lowest BCUT2D eigenvalue weighted by molar-refractivity contribution is -0.305. The van der Waals surface area contributed by atoms with Crippen LogP contribution >= 0.6 is 0 Å². The molecule has 0 saturated heterocycles. The smallest absolute Gasteiger partial charge is 0.339 e. The second kappa shape index (κ2) is 8.52. The Bertz CT molecular complexity index is 624. The summed E-state index contributed by atoms with van der Waals surface area (Å²) in [5, 5.41) is 12.8. The third-order valence-corrected chi connectivity index (χ3v) is 2.90. The fourth-order valence-corrected chi connectivity index (χ4v) is 1.79. The van der Waals surface area contributed by atoms with E-state index in [0.717, 1.165) is 0 Å². The van der Waals surface area contributed by atoms with Gasteiger partial charge in [0, 0.05) is 12.4 Å². The zero-order valence-electron chi connectivity index (χ0n) is 12.7. The monoisotopic (exact) mass is 322 g/mol. The van der Waals surface area contributed by atoms with Crippen molar-refractivity contribution in [1.82, 2.24) is 0 Å². The van der Waals surface area contributed by atoms with Gasteiger partial charge in [0.1, 0.15) is 0 Å². The fourth-order valence-electron chi connectivity index (χ4n) is 1.79. The molecule has 0 radical (unpaired) electrons. The summed E-state index contributed by atoms with van der Waals surface area (Å²) in [6, 6.07) is 3.98. The highest BCUT2D eigenvalue weighted by Crippen LogP contribution is 2.20. The summed E-state index contributed by atoms with van der Waals surface area (Å²) < 4.78 is 9.18. The van der Waals surface area contributed by atoms with Gasteiger partial charge in [-0.1, -0.05) is 0 Å². The van der Waals surface area contributed by atoms with Gasteiger partial charge in [0.25, 0.3) is 0 Å². The van der Waals surface area contributed by atoms with E-state index in [1.165, 1.54) is 32.4 Å². The summed E-state index contributed by atoms with van der Waals surface area (Å²) >= 11 is 0. The predicted molar refractivity (Wildman–Crippen MR) is 76.6 cm³/mol. The molecule has 1 aromatic carbocycles. The molecule has 0 saturated carbocycles. The van der Waals surface area contributed by atoms with Gasteiger partial charge < -0.3 is 24.7 Å². The highest BCUT2D eigenvalue weighted by molar-refractivity contribution is 6.03. The maximum absolute atomic E-state index is 11.8. The number of rotatable bonds is 7. The van der Waals surface area contributed by atoms with Crippen molar-refractivity contribution in [2.75, 3.05) is 19.5 Å². The van der Waals surface area contributed by atoms with E-state index in [4.69, 9.17) is 0 Å². The number of carbonyl (C=O) groups is 4. The molecule has 0 aromatic heterocycles. The normalized spacial score (nSPS) is 9.83. The van der Waals surface area contributed by atoms with Crippen LogP contribution in [0.3, 0.4) is 0 Å². The SMILES string of the molecule is COC(=O)c1ccc(C(=O)OC)c(NC(=O)CCCC(=O)[O-])c1. The summed E-state index contributed by atoms with van der Waals surface area (Å²) in [7, 11) is 2.39. The molecule has 1 amide bonds. The van der Waals surface area contributed by atoms with E-state index in [2.05, 4.69) is 14.8 Å². The first-order chi connectivity index (χ1) is 10.9. The van der Waals surface area contributed by atoms with Gasteiger partial charge in [0.05, 0.1) is 31.0 Å². The summed E-state index contributed by atoms with van der Waals surface area (Å²) in [6.45, 7) is 0. The van der Waals surface area contributed by atoms with Crippen LogP contribution in [-0.4, -0.2) is 38.0 Å². The molecule has 0 aliphatic rings. The van der Waals surface area contributed by atoms with Crippen LogP contribution < -0.4 is 10.4 Å². The molecule has 124 valence electrons. The number of esters is 2. The van der Waals surface area contributed by atoms with Crippen LogP contribution in [0.25, 0.3) is 0 Å². The molecule has 8 heteroatoms. The van der Waals surface area contributed by atoms with E-state index in [0.29, 0.717) is 0 Å². The Balaban J connectivity index is 2.95. The number of carbonyl (C=O) groups excluding carboxylic acids is 4. The summed E-state index contributed by atoms with van der Waals surface area (Å²) in [5.41, 5.74) is 0.289. The molecular weight excluding hydrogens is 306 g/mol. The maximum atomic E-state index is 11.8. The van der Waals surface area contributed by atoms with Gasteiger partial charge in [-0.15, -0.1) is 0 Å². The van der Waals surface area contributed by atoms with Crippen LogP contribution in [0.15, 0.2) is 18.2 Å². The standard InChI is InChI=1S/C15H17NO7/c1-22-14(20)9-6-7-10(15(21)23-2)11(8-9)16-12(17)4-3-5-13(18)19/h6-8H,3-5H2,1-2H3,(H,16,17)(H,18,19)/p-1. The molecule has 8 nitrogen and oxygen atoms in total. The average Bonchev–Trinajstić information content (AvgIpc) is 2.52. The number of nitrogens with one attached hydrogen (secondary N) is 1. The van der Waals surface area contributed by atoms with E-state index in [-0.39, 0.29) is 36.1 Å². The predicted octanol–water partition coefficient (Wildman–Crippen LogP) is 0.119. The minimum absolute atomic E-state index is 0.0633. The number of amides is 1. The third-order valence-electron chi connectivity index (χ3n) is 2.90. The molecule has 1 aromatic rings. The molecule has 1 N–H and O–H groups in total. The molecule has 0 atom stereocenters. The van der Waals surface area contributed by atoms with Crippen LogP contribution in [-0.2, 0) is 19.1 Å². The number of hydrogen-bond donors (Lipinski definition) is 1. The summed E-state index contributed by atoms with van der Waals surface area (Å²) in [6.07, 6.45) is -0.227. The van der Waals surface area contributed by atoms with Crippen LogP contribution in [0.4, 0.5) is 5.69 Å². The van der Waals surface area contributed by atoms with Gasteiger partial charge in [-0.3, -0.25) is 4.79 Å². The van der Waals surface area contributed by atoms with Crippen LogP contribution in [0.1, 0.15) is 40.0 Å². The van der Waals surface area contributed by atoms with Gasteiger partial charge in [-0.2, -0.15) is 0 Å². The van der Waals surface area contributed by atoms with E-state index in [9.17, 15) is 24.3 Å². The molecule has 0 spiro atoms. The lowest BCUT2D eigenvalue weighted by Crippen LogP contribution is -2.22. The second-order valence-corrected chi connectivity index (χ2v) is 4.52. The number of carboxylic acids is 1. The van der Waals surface area contributed by atoms with Crippen molar-refractivity contribution in [3.8, 4) is 0 Å². The van der Waals surface area contributed by atoms with Crippen LogP contribution in [0.2, 0.25) is 0 Å². The Labute approximate surface area is 132 Å². The lowest BCUT2D eigenvalue weighted by Gasteiger charge is -2.11. The lowest BCUT2D eigenvalue weighted by atomic mass is 10.1. The van der Waals surface area contributed by atoms with E-state index in [1.54, 1.807) is 0 Å². The summed E-state index contributed by atoms with van der Waals surface area (Å²) in [5.74, 6) is -3.07. The van der Waals surface area contributed by atoms with Crippen molar-refractivity contribution in [1.29, 1.82) is 0 Å². The first kappa shape index (κ1) is 18.1. The molecule has 0 unspecified atom stereocenters. The largest absolute Gasteiger partial charge is 0.550 e. The van der Waals surface area contributed by atoms with Gasteiger partial charge in [-0.05, 0) is 31.0 Å². The summed E-state index contributed by atoms with van der Waals surface area (Å²) in [4.78, 5) is 45.4. The third kappa shape index (κ3) is 5.42. The van der Waals surface area contributed by atoms with Crippen molar-refractivity contribution in [3.05, 3.63) is 29.3 Å². The number of benzene rings is 1. The maximum Gasteiger partial charge on any atom is 0.339 e. The molecule has 0 bridgehead atoms. The topological polar surface area (TPSA) is 122 Å². The molecule has 23 heavy (non-hydrogen) atoms. The molecule has 0 aliphatic heterocycles. The zero-order valence-corrected chi connectivity index (χ0v) is 12.7. The van der Waals surface area contributed by atoms with E-state index < -0.39 is 23.8 Å². The second-order valence-electron chi connectivity index (χ2n) is 4.52. The molecule has 1 rings (SSSR count). The Morgan fingerprint density at radius 3 is 2.26 bits per heavy atom. The number of methoxy groups -OCH3 is 2. The molecule has 0 fully saturated rings. The highest BCUT2D eigenvalue weighted by atomic mass is 16.5. The first-order valence-corrected chi connectivity index (χ1v) is 6.69. The Morgan fingerprint density at radius 2 is 1.70 bits per heavy atom. The van der Waals surface area contributed by atoms with Crippen molar-refractivity contribution >= 4 is 29.5 Å². The van der Waals surface area contributed by atoms with Crippen molar-refractivity contribution in [2.24, 2.45) is 0 Å². The van der Waals surface area contributed by atoms with E-state index in [1.807, 2.05) is 0 Å². The van der Waals surface area contributed by atoms with Gasteiger partial charge in [0.15, 0.2) is 0 Å². The number of ether oxygens (including phenoxy) is 2. The quantitative estimate of drug-likeness (QED) is 0.707. The van der Waals surface area contributed by atoms with Gasteiger partial charge >= 0.3 is 11.9 Å². The molecule has 0 aliphatic carbocycles. The average molecular weight is 322 g/mol. The number of aliphatic carboxylic acids is 1. The fraction of sp³-hybridized carbons (Fsp3) is 0.333. The van der Waals surface area contributed by atoms with Gasteiger partial charge in [-0.25, -0.2) is 9.59 Å². The number of hydrogen-bond acceptors (Lipinski definition) is 7. The Kier molecular flexibility index (Phi) is 6.72. The molecular formula is C15H16NO7-. The highest BCUT2D eigenvalue weighted by Gasteiger charge is 2.17. The minimum atomic E-state index is -1.25. The zero-order chi connectivity index (χ0) is 17.4. The number of anilines is 1. The van der Waals surface area contributed by atoms with Crippen molar-refractivity contribution < 1.29 is 33.8 Å². The van der Waals surface area contributed by atoms with Crippen LogP contribution in [0.5, 0.6) is 0 Å². The Hall–Kier alpha value is -2.90. The molecule has 0 heterocycles.